The number of nitrogens with one attached hydrogen (secondary N) is 1. The van der Waals surface area contributed by atoms with Crippen LogP contribution >= 0.6 is 0 Å². The lowest BCUT2D eigenvalue weighted by atomic mass is 9.61. The van der Waals surface area contributed by atoms with Crippen molar-refractivity contribution in [2.45, 2.75) is 12.3 Å². The number of ether oxygens (including phenoxy) is 1. The Hall–Kier alpha value is -3.72. The zero-order chi connectivity index (χ0) is 19.6. The minimum absolute atomic E-state index is 0.200. The molecule has 4 aromatic rings. The van der Waals surface area contributed by atoms with Crippen LogP contribution in [-0.2, 0) is 5.41 Å². The summed E-state index contributed by atoms with van der Waals surface area (Å²) in [5.41, 5.74) is 7.28. The van der Waals surface area contributed by atoms with Gasteiger partial charge in [0, 0.05) is 28.6 Å². The Bertz CT molecular complexity index is 1190. The van der Waals surface area contributed by atoms with Gasteiger partial charge in [-0.2, -0.15) is 0 Å². The maximum absolute atomic E-state index is 10.2. The zero-order valence-corrected chi connectivity index (χ0v) is 15.9. The summed E-state index contributed by atoms with van der Waals surface area (Å²) in [6, 6.07) is 28.7. The molecule has 1 spiro atoms. The number of hydrogen-bond acceptors (Lipinski definition) is 3. The first-order valence-electron chi connectivity index (χ1n) is 9.76. The molecule has 0 aromatic heterocycles. The molecule has 0 aliphatic carbocycles. The highest BCUT2D eigenvalue weighted by atomic mass is 16.5. The molecule has 29 heavy (non-hydrogen) atoms. The summed E-state index contributed by atoms with van der Waals surface area (Å²) < 4.78 is 6.32. The molecule has 4 aromatic carbocycles. The molecule has 0 amide bonds. The number of anilines is 2. The molecule has 0 saturated carbocycles. The van der Waals surface area contributed by atoms with Crippen LogP contribution in [-0.4, -0.2) is 5.11 Å². The van der Waals surface area contributed by atoms with Gasteiger partial charge in [0.15, 0.2) is 0 Å². The average Bonchev–Trinajstić information content (AvgIpc) is 2.73. The Morgan fingerprint density at radius 1 is 0.690 bits per heavy atom. The summed E-state index contributed by atoms with van der Waals surface area (Å²) in [6.45, 7) is 2.07. The largest absolute Gasteiger partial charge is 0.508 e. The zero-order valence-electron chi connectivity index (χ0n) is 15.9. The molecule has 0 fully saturated rings. The molecule has 2 heterocycles. The number of fused-ring (bicyclic) bond motifs is 8. The van der Waals surface area contributed by atoms with Crippen LogP contribution in [0.5, 0.6) is 17.2 Å². The van der Waals surface area contributed by atoms with Gasteiger partial charge in [0.05, 0.1) is 5.41 Å². The third-order valence-electron chi connectivity index (χ3n) is 6.06. The van der Waals surface area contributed by atoms with E-state index in [9.17, 15) is 5.11 Å². The highest BCUT2D eigenvalue weighted by Gasteiger charge is 2.49. The molecule has 140 valence electrons. The van der Waals surface area contributed by atoms with Gasteiger partial charge in [-0.25, -0.2) is 0 Å². The van der Waals surface area contributed by atoms with Gasteiger partial charge < -0.3 is 15.2 Å². The first kappa shape index (κ1) is 16.3. The maximum Gasteiger partial charge on any atom is 0.135 e. The average molecular weight is 377 g/mol. The predicted octanol–water partition coefficient (Wildman–Crippen LogP) is 6.25. The van der Waals surface area contributed by atoms with E-state index in [1.807, 2.05) is 6.07 Å². The monoisotopic (exact) mass is 377 g/mol. The van der Waals surface area contributed by atoms with E-state index in [1.54, 1.807) is 12.1 Å². The number of hydrogen-bond donors (Lipinski definition) is 2. The Balaban J connectivity index is 1.84. The first-order chi connectivity index (χ1) is 14.2. The van der Waals surface area contributed by atoms with Crippen molar-refractivity contribution in [2.24, 2.45) is 0 Å². The van der Waals surface area contributed by atoms with E-state index in [1.165, 1.54) is 11.1 Å². The summed E-state index contributed by atoms with van der Waals surface area (Å²) in [6.07, 6.45) is 0. The molecule has 2 aliphatic rings. The van der Waals surface area contributed by atoms with E-state index in [4.69, 9.17) is 4.74 Å². The van der Waals surface area contributed by atoms with Crippen LogP contribution in [0, 0.1) is 6.92 Å². The van der Waals surface area contributed by atoms with E-state index in [2.05, 4.69) is 79.0 Å². The van der Waals surface area contributed by atoms with Gasteiger partial charge in [0.25, 0.3) is 0 Å². The van der Waals surface area contributed by atoms with Crippen molar-refractivity contribution in [1.82, 2.24) is 0 Å². The molecule has 0 saturated heterocycles. The number of rotatable bonds is 0. The van der Waals surface area contributed by atoms with E-state index in [0.29, 0.717) is 5.75 Å². The van der Waals surface area contributed by atoms with E-state index < -0.39 is 5.41 Å². The fraction of sp³-hybridized carbons (Fsp3) is 0.0769. The molecule has 3 nitrogen and oxygen atoms in total. The summed E-state index contributed by atoms with van der Waals surface area (Å²) >= 11 is 0. The van der Waals surface area contributed by atoms with Crippen LogP contribution in [0.1, 0.15) is 27.8 Å². The highest BCUT2D eigenvalue weighted by Crippen LogP contribution is 2.60. The fourth-order valence-electron chi connectivity index (χ4n) is 4.90. The topological polar surface area (TPSA) is 41.5 Å². The molecule has 2 N–H and O–H groups in total. The van der Waals surface area contributed by atoms with Crippen molar-refractivity contribution >= 4 is 11.4 Å². The molecule has 0 radical (unpaired) electrons. The van der Waals surface area contributed by atoms with Crippen molar-refractivity contribution in [3.8, 4) is 17.2 Å². The van der Waals surface area contributed by atoms with Gasteiger partial charge in [0.2, 0.25) is 0 Å². The predicted molar refractivity (Wildman–Crippen MR) is 115 cm³/mol. The molecule has 0 atom stereocenters. The van der Waals surface area contributed by atoms with Gasteiger partial charge in [0.1, 0.15) is 17.2 Å². The lowest BCUT2D eigenvalue weighted by molar-refractivity contribution is 0.423. The quantitative estimate of drug-likeness (QED) is 0.329. The SMILES string of the molecule is Cc1ccc2c(c1)Oc1cc(O)ccc1C21c2ccccc2Nc2ccccc21. The molecular formula is C26H19NO2. The lowest BCUT2D eigenvalue weighted by Crippen LogP contribution is -2.37. The fourth-order valence-corrected chi connectivity index (χ4v) is 4.90. The summed E-state index contributed by atoms with van der Waals surface area (Å²) in [5.74, 6) is 1.72. The molecule has 0 bridgehead atoms. The van der Waals surface area contributed by atoms with Gasteiger partial charge in [-0.1, -0.05) is 54.6 Å². The van der Waals surface area contributed by atoms with E-state index in [0.717, 1.165) is 33.8 Å². The van der Waals surface area contributed by atoms with Crippen molar-refractivity contribution in [3.63, 3.8) is 0 Å². The Kier molecular flexibility index (Phi) is 3.16. The Morgan fingerprint density at radius 2 is 1.28 bits per heavy atom. The van der Waals surface area contributed by atoms with Crippen molar-refractivity contribution < 1.29 is 9.84 Å². The molecular weight excluding hydrogens is 358 g/mol. The second-order valence-corrected chi connectivity index (χ2v) is 7.75. The van der Waals surface area contributed by atoms with Crippen LogP contribution in [0.3, 0.4) is 0 Å². The molecule has 0 unspecified atom stereocenters. The smallest absolute Gasteiger partial charge is 0.135 e. The minimum atomic E-state index is -0.525. The minimum Gasteiger partial charge on any atom is -0.508 e. The molecule has 6 rings (SSSR count). The molecule has 2 aliphatic heterocycles. The third-order valence-corrected chi connectivity index (χ3v) is 6.06. The summed E-state index contributed by atoms with van der Waals surface area (Å²) in [5, 5.41) is 13.8. The first-order valence-corrected chi connectivity index (χ1v) is 9.76. The van der Waals surface area contributed by atoms with Crippen molar-refractivity contribution in [1.29, 1.82) is 0 Å². The normalized spacial score (nSPS) is 14.7. The van der Waals surface area contributed by atoms with Crippen LogP contribution in [0.15, 0.2) is 84.9 Å². The summed E-state index contributed by atoms with van der Waals surface area (Å²) in [4.78, 5) is 0. The summed E-state index contributed by atoms with van der Waals surface area (Å²) in [7, 11) is 0. The van der Waals surface area contributed by atoms with Crippen LogP contribution in [0.2, 0.25) is 0 Å². The standard InChI is InChI=1S/C26H19NO2/c1-16-10-12-20-24(14-16)29-25-15-17(28)11-13-21(25)26(20)18-6-2-4-8-22(18)27-23-9-5-3-7-19(23)26/h2-15,27-28H,1H3. The number of aromatic hydroxyl groups is 1. The van der Waals surface area contributed by atoms with E-state index >= 15 is 0 Å². The van der Waals surface area contributed by atoms with Crippen LogP contribution in [0.4, 0.5) is 11.4 Å². The van der Waals surface area contributed by atoms with Crippen molar-refractivity contribution in [2.75, 3.05) is 5.32 Å². The number of benzene rings is 4. The van der Waals surface area contributed by atoms with Gasteiger partial charge >= 0.3 is 0 Å². The second kappa shape index (κ2) is 5.65. The number of phenolic OH excluding ortho intramolecular Hbond substituents is 1. The second-order valence-electron chi connectivity index (χ2n) is 7.75. The third kappa shape index (κ3) is 2.07. The highest BCUT2D eigenvalue weighted by molar-refractivity contribution is 5.84. The lowest BCUT2D eigenvalue weighted by Gasteiger charge is -2.45. The van der Waals surface area contributed by atoms with Gasteiger partial charge in [-0.05, 0) is 47.9 Å². The van der Waals surface area contributed by atoms with Gasteiger partial charge in [-0.15, -0.1) is 0 Å². The Labute approximate surface area is 169 Å². The van der Waals surface area contributed by atoms with Crippen molar-refractivity contribution in [3.05, 3.63) is 113 Å². The van der Waals surface area contributed by atoms with Crippen LogP contribution < -0.4 is 10.1 Å². The van der Waals surface area contributed by atoms with E-state index in [-0.39, 0.29) is 5.75 Å². The number of phenols is 1. The molecule has 3 heteroatoms. The number of para-hydroxylation sites is 2. The maximum atomic E-state index is 10.2. The van der Waals surface area contributed by atoms with Gasteiger partial charge in [-0.3, -0.25) is 0 Å². The van der Waals surface area contributed by atoms with Crippen LogP contribution in [0.25, 0.3) is 0 Å². The Morgan fingerprint density at radius 3 is 1.97 bits per heavy atom. The number of aryl methyl sites for hydroxylation is 1.